The van der Waals surface area contributed by atoms with Crippen LogP contribution in [0.5, 0.6) is 0 Å². The Morgan fingerprint density at radius 1 is 1.11 bits per heavy atom. The van der Waals surface area contributed by atoms with Crippen molar-refractivity contribution in [2.24, 2.45) is 0 Å². The molecule has 0 aliphatic rings. The maximum Gasteiger partial charge on any atom is 0.336 e. The molecule has 4 heteroatoms. The molecule has 0 unspecified atom stereocenters. The van der Waals surface area contributed by atoms with Gasteiger partial charge in [-0.2, -0.15) is 0 Å². The number of carbonyl (C=O) groups is 1. The van der Waals surface area contributed by atoms with Gasteiger partial charge in [0.05, 0.1) is 5.57 Å². The van der Waals surface area contributed by atoms with Crippen LogP contribution in [0.25, 0.3) is 11.6 Å². The van der Waals surface area contributed by atoms with Crippen molar-refractivity contribution in [1.29, 1.82) is 0 Å². The van der Waals surface area contributed by atoms with Gasteiger partial charge in [-0.05, 0) is 41.5 Å². The Morgan fingerprint density at radius 2 is 1.72 bits per heavy atom. The Morgan fingerprint density at radius 3 is 2.28 bits per heavy atom. The Labute approximate surface area is 109 Å². The van der Waals surface area contributed by atoms with Gasteiger partial charge in [-0.15, -0.1) is 0 Å². The molecule has 0 saturated heterocycles. The summed E-state index contributed by atoms with van der Waals surface area (Å²) in [7, 11) is 0. The number of pyridine rings is 1. The smallest absolute Gasteiger partial charge is 0.336 e. The lowest BCUT2D eigenvalue weighted by atomic mass is 10.0. The molecule has 0 spiro atoms. The number of carboxylic acids is 1. The Balaban J connectivity index is 2.44. The average Bonchev–Trinajstić information content (AvgIpc) is 2.38. The predicted molar refractivity (Wildman–Crippen MR) is 71.2 cm³/mol. The first-order chi connectivity index (χ1) is 8.66. The highest BCUT2D eigenvalue weighted by atomic mass is 35.5. The third kappa shape index (κ3) is 2.96. The second kappa shape index (κ2) is 5.47. The number of benzene rings is 1. The molecule has 0 aliphatic heterocycles. The van der Waals surface area contributed by atoms with Crippen LogP contribution in [0.15, 0.2) is 48.8 Å². The third-order valence-corrected chi connectivity index (χ3v) is 2.65. The van der Waals surface area contributed by atoms with E-state index in [-0.39, 0.29) is 5.57 Å². The lowest BCUT2D eigenvalue weighted by molar-refractivity contribution is -0.130. The van der Waals surface area contributed by atoms with E-state index in [9.17, 15) is 9.90 Å². The molecule has 0 amide bonds. The number of rotatable bonds is 3. The van der Waals surface area contributed by atoms with Gasteiger partial charge in [0.25, 0.3) is 0 Å². The molecular weight excluding hydrogens is 250 g/mol. The first-order valence-corrected chi connectivity index (χ1v) is 5.65. The van der Waals surface area contributed by atoms with Crippen LogP contribution in [0.2, 0.25) is 5.02 Å². The highest BCUT2D eigenvalue weighted by Crippen LogP contribution is 2.20. The normalized spacial score (nSPS) is 11.3. The van der Waals surface area contributed by atoms with Gasteiger partial charge in [0.2, 0.25) is 0 Å². The molecular formula is C14H10ClNO2. The van der Waals surface area contributed by atoms with E-state index in [1.807, 2.05) is 0 Å². The highest BCUT2D eigenvalue weighted by Gasteiger charge is 2.10. The van der Waals surface area contributed by atoms with Crippen LogP contribution in [0, 0.1) is 0 Å². The summed E-state index contributed by atoms with van der Waals surface area (Å²) in [6.07, 6.45) is 4.84. The van der Waals surface area contributed by atoms with Crippen LogP contribution < -0.4 is 0 Å². The summed E-state index contributed by atoms with van der Waals surface area (Å²) in [6, 6.07) is 10.2. The summed E-state index contributed by atoms with van der Waals surface area (Å²) >= 11 is 5.78. The lowest BCUT2D eigenvalue weighted by Crippen LogP contribution is -1.99. The van der Waals surface area contributed by atoms with E-state index in [1.54, 1.807) is 54.9 Å². The van der Waals surface area contributed by atoms with E-state index in [4.69, 9.17) is 11.6 Å². The second-order valence-corrected chi connectivity index (χ2v) is 4.09. The fourth-order valence-corrected chi connectivity index (χ4v) is 1.65. The summed E-state index contributed by atoms with van der Waals surface area (Å²) in [5.41, 5.74) is 1.62. The Bertz CT molecular complexity index is 577. The van der Waals surface area contributed by atoms with Crippen molar-refractivity contribution in [2.45, 2.75) is 0 Å². The number of aliphatic carboxylic acids is 1. The minimum absolute atomic E-state index is 0.220. The zero-order chi connectivity index (χ0) is 13.0. The third-order valence-electron chi connectivity index (χ3n) is 2.40. The standard InChI is InChI=1S/C14H10ClNO2/c15-12-3-1-11(2-4-12)13(14(17)18)9-10-5-7-16-8-6-10/h1-9H,(H,17,18)/b13-9+. The van der Waals surface area contributed by atoms with Gasteiger partial charge in [-0.25, -0.2) is 4.79 Å². The van der Waals surface area contributed by atoms with Crippen molar-refractivity contribution in [2.75, 3.05) is 0 Å². The minimum Gasteiger partial charge on any atom is -0.478 e. The number of halogens is 1. The van der Waals surface area contributed by atoms with Crippen molar-refractivity contribution < 1.29 is 9.90 Å². The second-order valence-electron chi connectivity index (χ2n) is 3.65. The van der Waals surface area contributed by atoms with Crippen LogP contribution >= 0.6 is 11.6 Å². The van der Waals surface area contributed by atoms with E-state index in [2.05, 4.69) is 4.98 Å². The molecule has 0 atom stereocenters. The monoisotopic (exact) mass is 259 g/mol. The molecule has 2 aromatic rings. The largest absolute Gasteiger partial charge is 0.478 e. The number of hydrogen-bond donors (Lipinski definition) is 1. The summed E-state index contributed by atoms with van der Waals surface area (Å²) in [6.45, 7) is 0. The van der Waals surface area contributed by atoms with E-state index in [1.165, 1.54) is 0 Å². The van der Waals surface area contributed by atoms with E-state index < -0.39 is 5.97 Å². The van der Waals surface area contributed by atoms with Crippen molar-refractivity contribution in [3.8, 4) is 0 Å². The first-order valence-electron chi connectivity index (χ1n) is 5.28. The van der Waals surface area contributed by atoms with Crippen LogP contribution in [-0.2, 0) is 4.79 Å². The summed E-state index contributed by atoms with van der Waals surface area (Å²) < 4.78 is 0. The fraction of sp³-hybridized carbons (Fsp3) is 0. The maximum absolute atomic E-state index is 11.3. The summed E-state index contributed by atoms with van der Waals surface area (Å²) in [5, 5.41) is 9.82. The van der Waals surface area contributed by atoms with Crippen molar-refractivity contribution >= 4 is 29.2 Å². The Kier molecular flexibility index (Phi) is 3.75. The van der Waals surface area contributed by atoms with Gasteiger partial charge < -0.3 is 5.11 Å². The van der Waals surface area contributed by atoms with Crippen LogP contribution in [0.1, 0.15) is 11.1 Å². The number of aromatic nitrogens is 1. The molecule has 0 saturated carbocycles. The molecule has 1 N–H and O–H groups in total. The van der Waals surface area contributed by atoms with Gasteiger partial charge in [-0.3, -0.25) is 4.98 Å². The molecule has 18 heavy (non-hydrogen) atoms. The van der Waals surface area contributed by atoms with Crippen LogP contribution in [0.3, 0.4) is 0 Å². The quantitative estimate of drug-likeness (QED) is 0.860. The van der Waals surface area contributed by atoms with E-state index in [0.717, 1.165) is 5.56 Å². The number of carboxylic acid groups (broad SMARTS) is 1. The molecule has 0 aliphatic carbocycles. The summed E-state index contributed by atoms with van der Waals surface area (Å²) in [5.74, 6) is -0.978. The molecule has 0 fully saturated rings. The molecule has 1 heterocycles. The fourth-order valence-electron chi connectivity index (χ4n) is 1.52. The van der Waals surface area contributed by atoms with Crippen LogP contribution in [0.4, 0.5) is 0 Å². The molecule has 2 rings (SSSR count). The molecule has 90 valence electrons. The summed E-state index contributed by atoms with van der Waals surface area (Å²) in [4.78, 5) is 15.2. The Hall–Kier alpha value is -2.13. The van der Waals surface area contributed by atoms with E-state index >= 15 is 0 Å². The molecule has 0 bridgehead atoms. The molecule has 1 aromatic carbocycles. The van der Waals surface area contributed by atoms with Gasteiger partial charge in [0.15, 0.2) is 0 Å². The van der Waals surface area contributed by atoms with Gasteiger partial charge >= 0.3 is 5.97 Å². The zero-order valence-corrected chi connectivity index (χ0v) is 10.1. The van der Waals surface area contributed by atoms with Gasteiger partial charge in [-0.1, -0.05) is 23.7 Å². The highest BCUT2D eigenvalue weighted by molar-refractivity contribution is 6.30. The topological polar surface area (TPSA) is 50.2 Å². The van der Waals surface area contributed by atoms with Crippen LogP contribution in [-0.4, -0.2) is 16.1 Å². The zero-order valence-electron chi connectivity index (χ0n) is 9.38. The predicted octanol–water partition coefficient (Wildman–Crippen LogP) is 3.36. The van der Waals surface area contributed by atoms with Crippen molar-refractivity contribution in [3.63, 3.8) is 0 Å². The van der Waals surface area contributed by atoms with Crippen molar-refractivity contribution in [3.05, 3.63) is 64.9 Å². The van der Waals surface area contributed by atoms with E-state index in [0.29, 0.717) is 10.6 Å². The maximum atomic E-state index is 11.3. The van der Waals surface area contributed by atoms with Gasteiger partial charge in [0.1, 0.15) is 0 Å². The molecule has 1 aromatic heterocycles. The lowest BCUT2D eigenvalue weighted by Gasteiger charge is -2.03. The molecule has 0 radical (unpaired) electrons. The average molecular weight is 260 g/mol. The SMILES string of the molecule is O=C(O)/C(=C/c1ccncc1)c1ccc(Cl)cc1. The molecule has 3 nitrogen and oxygen atoms in total. The minimum atomic E-state index is -0.978. The van der Waals surface area contributed by atoms with Crippen molar-refractivity contribution in [1.82, 2.24) is 4.98 Å². The first kappa shape index (κ1) is 12.3. The number of hydrogen-bond acceptors (Lipinski definition) is 2. The van der Waals surface area contributed by atoms with Gasteiger partial charge in [0, 0.05) is 17.4 Å². The number of nitrogens with zero attached hydrogens (tertiary/aromatic N) is 1.